The fraction of sp³-hybridized carbons (Fsp3) is 0.105. The van der Waals surface area contributed by atoms with Gasteiger partial charge < -0.3 is 14.6 Å². The van der Waals surface area contributed by atoms with Crippen LogP contribution < -0.4 is 20.5 Å². The van der Waals surface area contributed by atoms with Crippen molar-refractivity contribution in [3.63, 3.8) is 0 Å². The second-order valence-electron chi connectivity index (χ2n) is 5.63. The Morgan fingerprint density at radius 3 is 2.61 bits per heavy atom. The highest BCUT2D eigenvalue weighted by atomic mass is 35.5. The predicted molar refractivity (Wildman–Crippen MR) is 108 cm³/mol. The van der Waals surface area contributed by atoms with E-state index in [0.29, 0.717) is 17.0 Å². The van der Waals surface area contributed by atoms with Crippen LogP contribution in [0.15, 0.2) is 52.4 Å². The van der Waals surface area contributed by atoms with Crippen LogP contribution in [0.2, 0.25) is 5.02 Å². The largest absolute Gasteiger partial charge is 0.503 e. The number of hydrogen-bond donors (Lipinski definition) is 3. The van der Waals surface area contributed by atoms with Gasteiger partial charge in [-0.25, -0.2) is 10.4 Å². The van der Waals surface area contributed by atoms with Gasteiger partial charge in [0.05, 0.1) is 31.2 Å². The lowest BCUT2D eigenvalue weighted by atomic mass is 10.1. The van der Waals surface area contributed by atoms with Gasteiger partial charge in [-0.1, -0.05) is 11.6 Å². The maximum Gasteiger partial charge on any atom is 0.252 e. The Kier molecular flexibility index (Phi) is 5.81. The van der Waals surface area contributed by atoms with Gasteiger partial charge in [0.2, 0.25) is 5.95 Å². The summed E-state index contributed by atoms with van der Waals surface area (Å²) in [5, 5.41) is 13.9. The highest BCUT2D eigenvalue weighted by Gasteiger charge is 2.08. The third kappa shape index (κ3) is 4.41. The average Bonchev–Trinajstić information content (AvgIpc) is 2.70. The first kappa shape index (κ1) is 19.2. The predicted octanol–water partition coefficient (Wildman–Crippen LogP) is 3.26. The number of benzene rings is 2. The Morgan fingerprint density at radius 1 is 1.18 bits per heavy atom. The van der Waals surface area contributed by atoms with E-state index in [1.54, 1.807) is 37.4 Å². The third-order valence-electron chi connectivity index (χ3n) is 3.78. The number of ether oxygens (including phenoxy) is 2. The fourth-order valence-electron chi connectivity index (χ4n) is 2.41. The maximum absolute atomic E-state index is 11.9. The second-order valence-corrected chi connectivity index (χ2v) is 6.04. The van der Waals surface area contributed by atoms with Crippen molar-refractivity contribution in [2.45, 2.75) is 0 Å². The molecule has 144 valence electrons. The number of phenolic OH excluding ortho intramolecular Hbond substituents is 1. The Bertz CT molecular complexity index is 1060. The van der Waals surface area contributed by atoms with E-state index in [1.165, 1.54) is 25.5 Å². The molecule has 0 aliphatic carbocycles. The first-order chi connectivity index (χ1) is 13.5. The number of hydrogen-bond acceptors (Lipinski definition) is 7. The number of anilines is 1. The van der Waals surface area contributed by atoms with Crippen LogP contribution in [0.5, 0.6) is 17.2 Å². The molecule has 0 saturated carbocycles. The SMILES string of the molecule is COc1ccc(-c2cc(=O)[nH]c(N/N=C\c3cc(Cl)c(O)c(OC)c3)n2)cc1. The normalized spacial score (nSPS) is 10.8. The van der Waals surface area contributed by atoms with E-state index >= 15 is 0 Å². The van der Waals surface area contributed by atoms with E-state index in [-0.39, 0.29) is 28.0 Å². The van der Waals surface area contributed by atoms with Gasteiger partial charge in [0.1, 0.15) is 5.75 Å². The number of aromatic nitrogens is 2. The lowest BCUT2D eigenvalue weighted by Crippen LogP contribution is -2.10. The number of aromatic amines is 1. The molecule has 1 heterocycles. The minimum Gasteiger partial charge on any atom is -0.503 e. The van der Waals surface area contributed by atoms with Gasteiger partial charge in [-0.3, -0.25) is 9.78 Å². The number of halogens is 1. The van der Waals surface area contributed by atoms with E-state index in [4.69, 9.17) is 21.1 Å². The Hall–Kier alpha value is -3.52. The molecule has 3 aromatic rings. The number of nitrogens with one attached hydrogen (secondary N) is 2. The van der Waals surface area contributed by atoms with Gasteiger partial charge in [-0.15, -0.1) is 0 Å². The molecule has 0 amide bonds. The second kappa shape index (κ2) is 8.45. The number of rotatable bonds is 6. The highest BCUT2D eigenvalue weighted by Crippen LogP contribution is 2.34. The molecule has 1 aromatic heterocycles. The van der Waals surface area contributed by atoms with Crippen LogP contribution >= 0.6 is 11.6 Å². The first-order valence-corrected chi connectivity index (χ1v) is 8.49. The summed E-state index contributed by atoms with van der Waals surface area (Å²) in [5.41, 5.74) is 4.17. The Balaban J connectivity index is 1.81. The maximum atomic E-state index is 11.9. The number of H-pyrrole nitrogens is 1. The molecule has 0 fully saturated rings. The molecule has 9 heteroatoms. The molecule has 0 aliphatic rings. The van der Waals surface area contributed by atoms with E-state index in [0.717, 1.165) is 5.56 Å². The first-order valence-electron chi connectivity index (χ1n) is 8.11. The van der Waals surface area contributed by atoms with Crippen LogP contribution in [0.3, 0.4) is 0 Å². The molecular formula is C19H17ClN4O4. The van der Waals surface area contributed by atoms with Gasteiger partial charge >= 0.3 is 0 Å². The molecule has 0 unspecified atom stereocenters. The topological polar surface area (TPSA) is 109 Å². The van der Waals surface area contributed by atoms with Crippen LogP contribution in [-0.2, 0) is 0 Å². The minimum atomic E-state index is -0.326. The third-order valence-corrected chi connectivity index (χ3v) is 4.07. The summed E-state index contributed by atoms with van der Waals surface area (Å²) in [4.78, 5) is 18.8. The molecule has 0 spiro atoms. The van der Waals surface area contributed by atoms with Crippen molar-refractivity contribution in [3.05, 3.63) is 63.4 Å². The lowest BCUT2D eigenvalue weighted by Gasteiger charge is -2.06. The summed E-state index contributed by atoms with van der Waals surface area (Å²) in [7, 11) is 3.00. The summed E-state index contributed by atoms with van der Waals surface area (Å²) in [6, 6.07) is 11.7. The van der Waals surface area contributed by atoms with Crippen LogP contribution in [0.4, 0.5) is 5.95 Å². The number of hydrazone groups is 1. The quantitative estimate of drug-likeness (QED) is 0.433. The van der Waals surface area contributed by atoms with Gasteiger partial charge in [-0.2, -0.15) is 5.10 Å². The van der Waals surface area contributed by atoms with Crippen LogP contribution in [0.1, 0.15) is 5.56 Å². The molecule has 3 rings (SSSR count). The summed E-state index contributed by atoms with van der Waals surface area (Å²) >= 11 is 5.94. The molecule has 0 atom stereocenters. The van der Waals surface area contributed by atoms with E-state index in [1.807, 2.05) is 0 Å². The standard InChI is InChI=1S/C19H17ClN4O4/c1-27-13-5-3-12(4-6-13)15-9-17(25)23-19(22-15)24-21-10-11-7-14(20)18(26)16(8-11)28-2/h3-10,26H,1-2H3,(H2,22,23,24,25)/b21-10-. The van der Waals surface area contributed by atoms with Crippen molar-refractivity contribution >= 4 is 23.8 Å². The van der Waals surface area contributed by atoms with Gasteiger partial charge in [-0.05, 0) is 42.0 Å². The minimum absolute atomic E-state index is 0.133. The van der Waals surface area contributed by atoms with E-state index in [2.05, 4.69) is 20.5 Å². The number of nitrogens with zero attached hydrogens (tertiary/aromatic N) is 2. The van der Waals surface area contributed by atoms with Crippen molar-refractivity contribution in [3.8, 4) is 28.5 Å². The molecular weight excluding hydrogens is 384 g/mol. The van der Waals surface area contributed by atoms with Crippen molar-refractivity contribution in [1.82, 2.24) is 9.97 Å². The molecule has 0 saturated heterocycles. The zero-order chi connectivity index (χ0) is 20.1. The molecule has 3 N–H and O–H groups in total. The summed E-state index contributed by atoms with van der Waals surface area (Å²) < 4.78 is 10.2. The zero-order valence-electron chi connectivity index (χ0n) is 15.1. The monoisotopic (exact) mass is 400 g/mol. The van der Waals surface area contributed by atoms with Gasteiger partial charge in [0, 0.05) is 11.6 Å². The van der Waals surface area contributed by atoms with Gasteiger partial charge in [0.25, 0.3) is 5.56 Å². The van der Waals surface area contributed by atoms with Crippen LogP contribution in [0.25, 0.3) is 11.3 Å². The van der Waals surface area contributed by atoms with E-state index in [9.17, 15) is 9.90 Å². The smallest absolute Gasteiger partial charge is 0.252 e. The van der Waals surface area contributed by atoms with Crippen molar-refractivity contribution in [2.24, 2.45) is 5.10 Å². The highest BCUT2D eigenvalue weighted by molar-refractivity contribution is 6.32. The molecule has 0 radical (unpaired) electrons. The molecule has 28 heavy (non-hydrogen) atoms. The van der Waals surface area contributed by atoms with Crippen LogP contribution in [-0.4, -0.2) is 35.5 Å². The summed E-state index contributed by atoms with van der Waals surface area (Å²) in [6.07, 6.45) is 1.45. The fourth-order valence-corrected chi connectivity index (χ4v) is 2.63. The van der Waals surface area contributed by atoms with Crippen LogP contribution in [0, 0.1) is 0 Å². The molecule has 0 bridgehead atoms. The van der Waals surface area contributed by atoms with Crippen molar-refractivity contribution in [1.29, 1.82) is 0 Å². The average molecular weight is 401 g/mol. The number of aromatic hydroxyl groups is 1. The van der Waals surface area contributed by atoms with Gasteiger partial charge in [0.15, 0.2) is 11.5 Å². The number of phenols is 1. The summed E-state index contributed by atoms with van der Waals surface area (Å²) in [6.45, 7) is 0. The Labute approximate surface area is 165 Å². The molecule has 0 aliphatic heterocycles. The van der Waals surface area contributed by atoms with E-state index < -0.39 is 0 Å². The lowest BCUT2D eigenvalue weighted by molar-refractivity contribution is 0.373. The summed E-state index contributed by atoms with van der Waals surface area (Å²) in [5.74, 6) is 0.959. The molecule has 2 aromatic carbocycles. The zero-order valence-corrected chi connectivity index (χ0v) is 15.8. The van der Waals surface area contributed by atoms with Crippen molar-refractivity contribution < 1.29 is 14.6 Å². The number of methoxy groups -OCH3 is 2. The Morgan fingerprint density at radius 2 is 1.93 bits per heavy atom. The molecule has 8 nitrogen and oxygen atoms in total. The van der Waals surface area contributed by atoms with Crippen molar-refractivity contribution in [2.75, 3.05) is 19.6 Å².